The van der Waals surface area contributed by atoms with Gasteiger partial charge in [-0.05, 0) is 30.3 Å². The predicted octanol–water partition coefficient (Wildman–Crippen LogP) is 5.06. The first-order valence-electron chi connectivity index (χ1n) is 7.90. The van der Waals surface area contributed by atoms with Crippen molar-refractivity contribution >= 4 is 10.9 Å². The second kappa shape index (κ2) is 6.50. The van der Waals surface area contributed by atoms with E-state index in [0.717, 1.165) is 28.0 Å². The molecule has 118 valence electrons. The lowest BCUT2D eigenvalue weighted by molar-refractivity contribution is 0.226. The lowest BCUT2D eigenvalue weighted by Crippen LogP contribution is -2.03. The number of para-hydroxylation sites is 3. The summed E-state index contributed by atoms with van der Waals surface area (Å²) in [5, 5.41) is 1.13. The van der Waals surface area contributed by atoms with Gasteiger partial charge in [0.05, 0.1) is 11.7 Å². The van der Waals surface area contributed by atoms with E-state index >= 15 is 0 Å². The lowest BCUT2D eigenvalue weighted by Gasteiger charge is -2.07. The third kappa shape index (κ3) is 2.97. The maximum Gasteiger partial charge on any atom is 0.155 e. The number of hydrogen-bond donors (Lipinski definition) is 0. The average molecular weight is 315 g/mol. The Hall–Kier alpha value is -3.20. The zero-order chi connectivity index (χ0) is 16.2. The molecule has 0 saturated carbocycles. The fourth-order valence-electron chi connectivity index (χ4n) is 2.68. The summed E-state index contributed by atoms with van der Waals surface area (Å²) in [5.74, 6) is 1.66. The van der Waals surface area contributed by atoms with Gasteiger partial charge in [0.2, 0.25) is 0 Å². The van der Waals surface area contributed by atoms with Gasteiger partial charge in [0.1, 0.15) is 12.4 Å². The van der Waals surface area contributed by atoms with E-state index in [0.29, 0.717) is 6.61 Å². The molecule has 0 unspecified atom stereocenters. The molecular weight excluding hydrogens is 298 g/mol. The molecule has 4 aromatic rings. The van der Waals surface area contributed by atoms with Crippen molar-refractivity contribution in [3.63, 3.8) is 0 Å². The van der Waals surface area contributed by atoms with Gasteiger partial charge in [-0.25, -0.2) is 0 Å². The van der Waals surface area contributed by atoms with Gasteiger partial charge in [-0.2, -0.15) is 4.73 Å². The van der Waals surface area contributed by atoms with E-state index < -0.39 is 0 Å². The van der Waals surface area contributed by atoms with Crippen LogP contribution < -0.4 is 9.57 Å². The molecule has 1 heterocycles. The van der Waals surface area contributed by atoms with Crippen molar-refractivity contribution in [2.24, 2.45) is 0 Å². The van der Waals surface area contributed by atoms with Crippen LogP contribution in [0.3, 0.4) is 0 Å². The lowest BCUT2D eigenvalue weighted by atomic mass is 10.2. The second-order valence-electron chi connectivity index (χ2n) is 5.50. The summed E-state index contributed by atoms with van der Waals surface area (Å²) in [6, 6.07) is 27.8. The minimum Gasteiger partial charge on any atom is -0.489 e. The van der Waals surface area contributed by atoms with Gasteiger partial charge in [-0.15, -0.1) is 0 Å². The molecule has 0 radical (unpaired) electrons. The Bertz CT molecular complexity index is 930. The predicted molar refractivity (Wildman–Crippen MR) is 95.2 cm³/mol. The molecule has 0 N–H and O–H groups in total. The van der Waals surface area contributed by atoms with E-state index in [1.165, 1.54) is 0 Å². The summed E-state index contributed by atoms with van der Waals surface area (Å²) in [7, 11) is 0. The number of aromatic nitrogens is 1. The smallest absolute Gasteiger partial charge is 0.155 e. The van der Waals surface area contributed by atoms with E-state index in [-0.39, 0.29) is 0 Å². The van der Waals surface area contributed by atoms with Crippen LogP contribution in [-0.4, -0.2) is 4.73 Å². The standard InChI is InChI=1S/C21H17NO2/c1-3-9-18(10-4-1)23-16-17-15-22(21-14-8-7-13-20(17)21)24-19-11-5-2-6-12-19/h1-15H,16H2. The SMILES string of the molecule is c1ccc(OCc2cn(Oc3ccccc3)c3ccccc23)cc1. The van der Waals surface area contributed by atoms with E-state index in [9.17, 15) is 0 Å². The minimum atomic E-state index is 0.496. The summed E-state index contributed by atoms with van der Waals surface area (Å²) in [5.41, 5.74) is 2.11. The largest absolute Gasteiger partial charge is 0.489 e. The van der Waals surface area contributed by atoms with Crippen LogP contribution in [0, 0.1) is 0 Å². The molecule has 0 fully saturated rings. The van der Waals surface area contributed by atoms with Crippen LogP contribution in [0.4, 0.5) is 0 Å². The molecule has 0 aliphatic rings. The topological polar surface area (TPSA) is 23.4 Å². The van der Waals surface area contributed by atoms with Crippen LogP contribution in [0.1, 0.15) is 5.56 Å². The molecule has 4 rings (SSSR count). The van der Waals surface area contributed by atoms with Crippen LogP contribution in [0.2, 0.25) is 0 Å². The van der Waals surface area contributed by atoms with Crippen molar-refractivity contribution in [2.45, 2.75) is 6.61 Å². The first-order valence-corrected chi connectivity index (χ1v) is 7.90. The summed E-state index contributed by atoms with van der Waals surface area (Å²) >= 11 is 0. The maximum absolute atomic E-state index is 5.99. The van der Waals surface area contributed by atoms with Crippen LogP contribution in [0.5, 0.6) is 11.5 Å². The quantitative estimate of drug-likeness (QED) is 0.514. The highest BCUT2D eigenvalue weighted by atomic mass is 16.7. The highest BCUT2D eigenvalue weighted by Gasteiger charge is 2.10. The Balaban J connectivity index is 1.64. The van der Waals surface area contributed by atoms with Crippen molar-refractivity contribution in [3.05, 3.63) is 96.7 Å². The molecule has 0 amide bonds. The first kappa shape index (κ1) is 14.4. The van der Waals surface area contributed by atoms with Gasteiger partial charge in [0, 0.05) is 10.9 Å². The number of fused-ring (bicyclic) bond motifs is 1. The molecule has 3 nitrogen and oxygen atoms in total. The molecule has 0 spiro atoms. The van der Waals surface area contributed by atoms with Gasteiger partial charge in [0.15, 0.2) is 5.75 Å². The van der Waals surface area contributed by atoms with Crippen molar-refractivity contribution < 1.29 is 9.57 Å². The van der Waals surface area contributed by atoms with Crippen LogP contribution in [0.15, 0.2) is 91.1 Å². The van der Waals surface area contributed by atoms with E-state index in [1.807, 2.05) is 85.1 Å². The Morgan fingerprint density at radius 3 is 2.04 bits per heavy atom. The number of benzene rings is 3. The first-order chi connectivity index (χ1) is 11.9. The van der Waals surface area contributed by atoms with Gasteiger partial charge >= 0.3 is 0 Å². The molecule has 0 atom stereocenters. The van der Waals surface area contributed by atoms with Crippen LogP contribution in [-0.2, 0) is 6.61 Å². The number of ether oxygens (including phenoxy) is 1. The zero-order valence-corrected chi connectivity index (χ0v) is 13.1. The molecular formula is C21H17NO2. The fraction of sp³-hybridized carbons (Fsp3) is 0.0476. The third-order valence-corrected chi connectivity index (χ3v) is 3.85. The second-order valence-corrected chi connectivity index (χ2v) is 5.50. The van der Waals surface area contributed by atoms with E-state index in [1.54, 1.807) is 4.73 Å². The normalized spacial score (nSPS) is 10.7. The number of rotatable bonds is 5. The monoisotopic (exact) mass is 315 g/mol. The van der Waals surface area contributed by atoms with Crippen molar-refractivity contribution in [1.82, 2.24) is 4.73 Å². The summed E-state index contributed by atoms with van der Waals surface area (Å²) in [6.07, 6.45) is 1.99. The van der Waals surface area contributed by atoms with Crippen LogP contribution >= 0.6 is 0 Å². The molecule has 0 aliphatic carbocycles. The minimum absolute atomic E-state index is 0.496. The Kier molecular flexibility index (Phi) is 3.90. The Morgan fingerprint density at radius 2 is 1.29 bits per heavy atom. The molecule has 0 bridgehead atoms. The van der Waals surface area contributed by atoms with Gasteiger partial charge in [-0.3, -0.25) is 0 Å². The molecule has 0 aliphatic heterocycles. The van der Waals surface area contributed by atoms with Crippen molar-refractivity contribution in [1.29, 1.82) is 0 Å². The molecule has 1 aromatic heterocycles. The Morgan fingerprint density at radius 1 is 0.667 bits per heavy atom. The highest BCUT2D eigenvalue weighted by Crippen LogP contribution is 2.24. The summed E-state index contributed by atoms with van der Waals surface area (Å²) < 4.78 is 7.69. The Labute approximate surface area is 140 Å². The third-order valence-electron chi connectivity index (χ3n) is 3.85. The molecule has 24 heavy (non-hydrogen) atoms. The number of nitrogens with zero attached hydrogens (tertiary/aromatic N) is 1. The van der Waals surface area contributed by atoms with Gasteiger partial charge in [-0.1, -0.05) is 54.6 Å². The van der Waals surface area contributed by atoms with E-state index in [4.69, 9.17) is 9.57 Å². The highest BCUT2D eigenvalue weighted by molar-refractivity contribution is 5.83. The van der Waals surface area contributed by atoms with Crippen molar-refractivity contribution in [2.75, 3.05) is 0 Å². The van der Waals surface area contributed by atoms with Gasteiger partial charge < -0.3 is 9.57 Å². The fourth-order valence-corrected chi connectivity index (χ4v) is 2.68. The molecule has 0 saturated heterocycles. The number of hydrogen-bond acceptors (Lipinski definition) is 2. The van der Waals surface area contributed by atoms with Crippen LogP contribution in [0.25, 0.3) is 10.9 Å². The molecule has 3 aromatic carbocycles. The average Bonchev–Trinajstić information content (AvgIpc) is 3.00. The van der Waals surface area contributed by atoms with Crippen molar-refractivity contribution in [3.8, 4) is 11.5 Å². The zero-order valence-electron chi connectivity index (χ0n) is 13.1. The molecule has 3 heteroatoms. The van der Waals surface area contributed by atoms with E-state index in [2.05, 4.69) is 6.07 Å². The van der Waals surface area contributed by atoms with Gasteiger partial charge in [0.25, 0.3) is 0 Å². The summed E-state index contributed by atoms with van der Waals surface area (Å²) in [6.45, 7) is 0.496. The summed E-state index contributed by atoms with van der Waals surface area (Å²) in [4.78, 5) is 5.99. The maximum atomic E-state index is 5.99.